The van der Waals surface area contributed by atoms with Gasteiger partial charge in [-0.3, -0.25) is 14.4 Å². The number of amides is 4. The van der Waals surface area contributed by atoms with E-state index in [1.807, 2.05) is 12.2 Å². The van der Waals surface area contributed by atoms with Gasteiger partial charge in [0.25, 0.3) is 11.8 Å². The third-order valence-corrected chi connectivity index (χ3v) is 8.07. The van der Waals surface area contributed by atoms with Crippen LogP contribution in [0.25, 0.3) is 0 Å². The lowest BCUT2D eigenvalue weighted by Crippen LogP contribution is -2.58. The first-order chi connectivity index (χ1) is 16.6. The van der Waals surface area contributed by atoms with E-state index in [9.17, 15) is 27.6 Å². The Morgan fingerprint density at radius 1 is 1.11 bits per heavy atom. The lowest BCUT2D eigenvalue weighted by Gasteiger charge is -2.29. The molecule has 3 fully saturated rings. The van der Waals surface area contributed by atoms with Crippen LogP contribution >= 0.6 is 0 Å². The summed E-state index contributed by atoms with van der Waals surface area (Å²) >= 11 is 0. The van der Waals surface area contributed by atoms with E-state index in [1.54, 1.807) is 0 Å². The SMILES string of the molecule is NC(=O)OC1CCCCC/C=C\C2CC2(C(=O)NS(=O)(=O)NC2CC2)NC(=O)C2CCCN2C1=O. The molecule has 2 saturated carbocycles. The highest BCUT2D eigenvalue weighted by atomic mass is 32.2. The van der Waals surface area contributed by atoms with Crippen molar-refractivity contribution in [3.05, 3.63) is 12.2 Å². The molecule has 4 aliphatic rings. The second kappa shape index (κ2) is 10.1. The van der Waals surface area contributed by atoms with Gasteiger partial charge in [0.05, 0.1) is 0 Å². The second-order valence-corrected chi connectivity index (χ2v) is 11.2. The van der Waals surface area contributed by atoms with Crippen LogP contribution in [0.15, 0.2) is 12.2 Å². The molecule has 0 bridgehead atoms. The summed E-state index contributed by atoms with van der Waals surface area (Å²) in [6, 6.07) is -1.04. The number of nitrogens with two attached hydrogens (primary N) is 1. The number of hydrogen-bond acceptors (Lipinski definition) is 7. The van der Waals surface area contributed by atoms with E-state index in [2.05, 4.69) is 14.8 Å². The molecule has 2 aliphatic carbocycles. The highest BCUT2D eigenvalue weighted by molar-refractivity contribution is 7.88. The Hall–Kier alpha value is -2.67. The number of carbonyl (C=O) groups is 4. The fourth-order valence-corrected chi connectivity index (χ4v) is 6.00. The van der Waals surface area contributed by atoms with Gasteiger partial charge >= 0.3 is 16.3 Å². The summed E-state index contributed by atoms with van der Waals surface area (Å²) in [5.41, 5.74) is 3.76. The van der Waals surface area contributed by atoms with Gasteiger partial charge in [0.2, 0.25) is 5.91 Å². The van der Waals surface area contributed by atoms with Gasteiger partial charge in [-0.1, -0.05) is 18.6 Å². The smallest absolute Gasteiger partial charge is 0.405 e. The molecule has 4 amide bonds. The maximum absolute atomic E-state index is 13.3. The summed E-state index contributed by atoms with van der Waals surface area (Å²) < 4.78 is 34.2. The van der Waals surface area contributed by atoms with Gasteiger partial charge in [-0.2, -0.15) is 13.1 Å². The maximum Gasteiger partial charge on any atom is 0.405 e. The van der Waals surface area contributed by atoms with Crippen molar-refractivity contribution >= 4 is 34.0 Å². The molecule has 4 rings (SSSR count). The Bertz CT molecular complexity index is 1010. The Labute approximate surface area is 204 Å². The molecule has 0 aromatic carbocycles. The number of nitrogens with zero attached hydrogens (tertiary/aromatic N) is 1. The van der Waals surface area contributed by atoms with Gasteiger partial charge in [-0.25, -0.2) is 9.52 Å². The molecule has 1 saturated heterocycles. The van der Waals surface area contributed by atoms with Crippen LogP contribution in [-0.4, -0.2) is 67.4 Å². The van der Waals surface area contributed by atoms with Crippen molar-refractivity contribution in [1.82, 2.24) is 19.7 Å². The molecule has 5 N–H and O–H groups in total. The van der Waals surface area contributed by atoms with E-state index in [0.717, 1.165) is 12.8 Å². The first-order valence-electron chi connectivity index (χ1n) is 12.2. The molecule has 13 heteroatoms. The first kappa shape index (κ1) is 25.4. The van der Waals surface area contributed by atoms with Crippen molar-refractivity contribution in [2.45, 2.75) is 87.9 Å². The van der Waals surface area contributed by atoms with Gasteiger partial charge in [0, 0.05) is 18.5 Å². The van der Waals surface area contributed by atoms with Crippen LogP contribution < -0.4 is 20.5 Å². The number of fused-ring (bicyclic) bond motifs is 2. The lowest BCUT2D eigenvalue weighted by molar-refractivity contribution is -0.146. The fraction of sp³-hybridized carbons (Fsp3) is 0.727. The van der Waals surface area contributed by atoms with E-state index in [1.165, 1.54) is 4.90 Å². The molecule has 0 aromatic heterocycles. The summed E-state index contributed by atoms with van der Waals surface area (Å²) in [5, 5.41) is 2.76. The third kappa shape index (κ3) is 6.13. The van der Waals surface area contributed by atoms with Gasteiger partial charge in [0.15, 0.2) is 6.10 Å². The third-order valence-electron chi connectivity index (χ3n) is 6.97. The van der Waals surface area contributed by atoms with Crippen molar-refractivity contribution in [2.24, 2.45) is 11.7 Å². The summed E-state index contributed by atoms with van der Waals surface area (Å²) in [6.07, 6.45) is 7.54. The molecule has 4 atom stereocenters. The molecule has 12 nitrogen and oxygen atoms in total. The highest BCUT2D eigenvalue weighted by Gasteiger charge is 2.61. The molecule has 0 spiro atoms. The monoisotopic (exact) mass is 511 g/mol. The molecule has 0 radical (unpaired) electrons. The molecule has 2 aliphatic heterocycles. The van der Waals surface area contributed by atoms with E-state index in [4.69, 9.17) is 10.5 Å². The normalized spacial score (nSPS) is 32.8. The topological polar surface area (TPSA) is 177 Å². The zero-order valence-electron chi connectivity index (χ0n) is 19.5. The van der Waals surface area contributed by atoms with Crippen LogP contribution in [0.1, 0.15) is 64.2 Å². The number of allylic oxidation sites excluding steroid dienone is 1. The van der Waals surface area contributed by atoms with E-state index < -0.39 is 51.7 Å². The molecule has 4 unspecified atom stereocenters. The average Bonchev–Trinajstić information content (AvgIpc) is 3.66. The number of ether oxygens (including phenoxy) is 1. The van der Waals surface area contributed by atoms with Gasteiger partial charge in [-0.15, -0.1) is 0 Å². The second-order valence-electron chi connectivity index (χ2n) is 9.78. The first-order valence-corrected chi connectivity index (χ1v) is 13.7. The minimum Gasteiger partial charge on any atom is -0.436 e. The van der Waals surface area contributed by atoms with Crippen molar-refractivity contribution in [3.8, 4) is 0 Å². The summed E-state index contributed by atoms with van der Waals surface area (Å²) in [4.78, 5) is 52.4. The van der Waals surface area contributed by atoms with Crippen molar-refractivity contribution in [1.29, 1.82) is 0 Å². The number of carbonyl (C=O) groups excluding carboxylic acids is 4. The number of rotatable bonds is 5. The van der Waals surface area contributed by atoms with Crippen LogP contribution in [0.3, 0.4) is 0 Å². The molecule has 35 heavy (non-hydrogen) atoms. The van der Waals surface area contributed by atoms with Crippen LogP contribution in [0.5, 0.6) is 0 Å². The lowest BCUT2D eigenvalue weighted by atomic mass is 10.1. The van der Waals surface area contributed by atoms with E-state index in [0.29, 0.717) is 51.5 Å². The molecule has 0 aromatic rings. The summed E-state index contributed by atoms with van der Waals surface area (Å²) in [6.45, 7) is 0.303. The summed E-state index contributed by atoms with van der Waals surface area (Å²) in [7, 11) is -4.06. The van der Waals surface area contributed by atoms with Crippen LogP contribution in [-0.2, 0) is 29.3 Å². The van der Waals surface area contributed by atoms with Gasteiger partial charge in [0.1, 0.15) is 11.6 Å². The quantitative estimate of drug-likeness (QED) is 0.374. The van der Waals surface area contributed by atoms with Crippen LogP contribution in [0.2, 0.25) is 0 Å². The molecular formula is C22H33N5O7S. The molecule has 194 valence electrons. The van der Waals surface area contributed by atoms with Crippen molar-refractivity contribution in [2.75, 3.05) is 6.54 Å². The highest BCUT2D eigenvalue weighted by Crippen LogP contribution is 2.45. The number of nitrogens with one attached hydrogen (secondary N) is 3. The minimum atomic E-state index is -4.06. The summed E-state index contributed by atoms with van der Waals surface area (Å²) in [5.74, 6) is -2.19. The molecule has 2 heterocycles. The standard InChI is InChI=1S/C22H33N5O7S/c23-21(31)34-17-9-5-3-1-2-4-7-14-13-22(14,20(30)26-35(32,33)25-15-10-11-15)24-18(28)16-8-6-12-27(16)19(17)29/h4,7,14-17,25H,1-3,5-6,8-13H2,(H2,23,31)(H,24,28)(H,26,30)/b7-4-. The average molecular weight is 512 g/mol. The Morgan fingerprint density at radius 3 is 2.60 bits per heavy atom. The van der Waals surface area contributed by atoms with Gasteiger partial charge in [-0.05, 0) is 57.8 Å². The van der Waals surface area contributed by atoms with Crippen LogP contribution in [0.4, 0.5) is 4.79 Å². The zero-order valence-corrected chi connectivity index (χ0v) is 20.3. The zero-order chi connectivity index (χ0) is 25.2. The molecular weight excluding hydrogens is 478 g/mol. The Kier molecular flexibility index (Phi) is 7.36. The maximum atomic E-state index is 13.3. The van der Waals surface area contributed by atoms with Crippen LogP contribution in [0, 0.1) is 5.92 Å². The Morgan fingerprint density at radius 2 is 1.89 bits per heavy atom. The number of primary amides is 1. The largest absolute Gasteiger partial charge is 0.436 e. The van der Waals surface area contributed by atoms with Crippen molar-refractivity contribution < 1.29 is 32.3 Å². The fourth-order valence-electron chi connectivity index (χ4n) is 4.84. The van der Waals surface area contributed by atoms with E-state index in [-0.39, 0.29) is 18.4 Å². The minimum absolute atomic E-state index is 0.177. The number of hydrogen-bond donors (Lipinski definition) is 4. The predicted octanol–water partition coefficient (Wildman–Crippen LogP) is -0.0505. The van der Waals surface area contributed by atoms with Gasteiger partial charge < -0.3 is 20.7 Å². The van der Waals surface area contributed by atoms with E-state index >= 15 is 0 Å². The predicted molar refractivity (Wildman–Crippen MR) is 124 cm³/mol. The van der Waals surface area contributed by atoms with Crippen molar-refractivity contribution in [3.63, 3.8) is 0 Å². The Balaban J connectivity index is 1.55.